The minimum Gasteiger partial charge on any atom is -0.457 e. The fourth-order valence-corrected chi connectivity index (χ4v) is 8.02. The summed E-state index contributed by atoms with van der Waals surface area (Å²) in [4.78, 5) is 23.2. The summed E-state index contributed by atoms with van der Waals surface area (Å²) in [6.07, 6.45) is 34.6. The van der Waals surface area contributed by atoms with E-state index in [2.05, 4.69) is 62.5 Å². The Hall–Kier alpha value is -1.70. The van der Waals surface area contributed by atoms with Crippen molar-refractivity contribution in [2.45, 2.75) is 230 Å². The Kier molecular flexibility index (Phi) is 36.4. The smallest absolute Gasteiger partial charge is 0.457 e. The predicted octanol–water partition coefficient (Wildman–Crippen LogP) is 10.0. The molecule has 0 amide bonds. The highest BCUT2D eigenvalue weighted by Crippen LogP contribution is 2.47. The van der Waals surface area contributed by atoms with Gasteiger partial charge in [-0.05, 0) is 70.6 Å². The van der Waals surface area contributed by atoms with Gasteiger partial charge in [-0.15, -0.1) is 0 Å². The maximum atomic E-state index is 12.8. The van der Waals surface area contributed by atoms with E-state index in [4.69, 9.17) is 18.5 Å². The number of hydrogen-bond acceptors (Lipinski definition) is 11. The Bertz CT molecular complexity index is 1190. The van der Waals surface area contributed by atoms with E-state index in [9.17, 15) is 39.8 Å². The number of ether oxygens (including phenoxy) is 2. The third-order valence-electron chi connectivity index (χ3n) is 10.9. The van der Waals surface area contributed by atoms with Crippen LogP contribution in [0.15, 0.2) is 48.6 Å². The molecule has 0 aromatic carbocycles. The Morgan fingerprint density at radius 1 is 0.525 bits per heavy atom. The van der Waals surface area contributed by atoms with Crippen molar-refractivity contribution in [3.05, 3.63) is 48.6 Å². The van der Waals surface area contributed by atoms with Gasteiger partial charge in [-0.25, -0.2) is 4.57 Å². The summed E-state index contributed by atoms with van der Waals surface area (Å²) >= 11 is 0. The van der Waals surface area contributed by atoms with Crippen molar-refractivity contribution in [1.82, 2.24) is 0 Å². The van der Waals surface area contributed by atoms with Crippen LogP contribution >= 0.6 is 7.82 Å². The largest absolute Gasteiger partial charge is 0.472 e. The van der Waals surface area contributed by atoms with Gasteiger partial charge in [0.15, 0.2) is 0 Å². The molecular weight excluding hydrogens is 799 g/mol. The highest BCUT2D eigenvalue weighted by Gasteiger charge is 2.51. The molecule has 1 fully saturated rings. The van der Waals surface area contributed by atoms with Crippen LogP contribution in [0.25, 0.3) is 0 Å². The topological polar surface area (TPSA) is 192 Å². The molecule has 1 aliphatic carbocycles. The van der Waals surface area contributed by atoms with Crippen molar-refractivity contribution >= 4 is 13.8 Å². The number of hydrogen-bond donors (Lipinski definition) is 6. The summed E-state index contributed by atoms with van der Waals surface area (Å²) in [6.45, 7) is 4.17. The molecule has 0 aromatic heterocycles. The first-order valence-electron chi connectivity index (χ1n) is 24.0. The van der Waals surface area contributed by atoms with Crippen molar-refractivity contribution in [2.75, 3.05) is 19.8 Å². The van der Waals surface area contributed by atoms with Crippen molar-refractivity contribution in [3.8, 4) is 0 Å². The average Bonchev–Trinajstić information content (AvgIpc) is 3.24. The molecule has 0 heterocycles. The lowest BCUT2D eigenvalue weighted by Gasteiger charge is -2.41. The monoisotopic (exact) mass is 887 g/mol. The average molecular weight is 887 g/mol. The SMILES string of the molecule is CCCC/C=C\C/C=C\CCCCCCCCOCC(COP(=O)(O)OC1C(O)C(O)C(O)C(O)C1O)OC(=O)CCCCCCCCCCC/C=C\C/C=C\CCCCC. The van der Waals surface area contributed by atoms with Gasteiger partial charge in [-0.1, -0.05) is 159 Å². The molecule has 0 saturated heterocycles. The molecule has 6 unspecified atom stereocenters. The molecule has 0 aliphatic heterocycles. The summed E-state index contributed by atoms with van der Waals surface area (Å²) in [5.41, 5.74) is 0. The lowest BCUT2D eigenvalue weighted by Crippen LogP contribution is -2.64. The molecule has 356 valence electrons. The van der Waals surface area contributed by atoms with Gasteiger partial charge in [0.2, 0.25) is 0 Å². The van der Waals surface area contributed by atoms with E-state index in [-0.39, 0.29) is 13.0 Å². The molecular formula is C48H87O12P. The minimum absolute atomic E-state index is 0.0863. The Morgan fingerprint density at radius 2 is 0.934 bits per heavy atom. The van der Waals surface area contributed by atoms with Crippen molar-refractivity contribution in [1.29, 1.82) is 0 Å². The first-order valence-corrected chi connectivity index (χ1v) is 25.5. The summed E-state index contributed by atoms with van der Waals surface area (Å²) in [7, 11) is -5.02. The van der Waals surface area contributed by atoms with E-state index in [1.165, 1.54) is 77.0 Å². The zero-order valence-corrected chi connectivity index (χ0v) is 38.8. The summed E-state index contributed by atoms with van der Waals surface area (Å²) < 4.78 is 34.2. The van der Waals surface area contributed by atoms with Crippen LogP contribution in [0.5, 0.6) is 0 Å². The highest BCUT2D eigenvalue weighted by molar-refractivity contribution is 7.47. The fraction of sp³-hybridized carbons (Fsp3) is 0.812. The van der Waals surface area contributed by atoms with Crippen LogP contribution < -0.4 is 0 Å². The molecule has 0 spiro atoms. The predicted molar refractivity (Wildman–Crippen MR) is 244 cm³/mol. The molecule has 0 aromatic rings. The number of aliphatic hydroxyl groups excluding tert-OH is 5. The second kappa shape index (κ2) is 38.7. The molecule has 6 N–H and O–H groups in total. The van der Waals surface area contributed by atoms with E-state index >= 15 is 0 Å². The highest BCUT2D eigenvalue weighted by atomic mass is 31.2. The molecule has 61 heavy (non-hydrogen) atoms. The van der Waals surface area contributed by atoms with Gasteiger partial charge >= 0.3 is 13.8 Å². The number of rotatable bonds is 40. The molecule has 0 radical (unpaired) electrons. The summed E-state index contributed by atoms with van der Waals surface area (Å²) in [5.74, 6) is -0.487. The van der Waals surface area contributed by atoms with Gasteiger partial charge in [-0.3, -0.25) is 13.8 Å². The van der Waals surface area contributed by atoms with Crippen molar-refractivity contribution in [2.24, 2.45) is 0 Å². The molecule has 6 atom stereocenters. The number of carbonyl (C=O) groups excluding carboxylic acids is 1. The number of carbonyl (C=O) groups is 1. The number of phosphoric acid groups is 1. The van der Waals surface area contributed by atoms with Crippen LogP contribution in [0, 0.1) is 0 Å². The van der Waals surface area contributed by atoms with Gasteiger partial charge in [0, 0.05) is 13.0 Å². The number of aliphatic hydroxyl groups is 5. The zero-order valence-electron chi connectivity index (χ0n) is 38.0. The van der Waals surface area contributed by atoms with Crippen LogP contribution in [0.2, 0.25) is 0 Å². The maximum Gasteiger partial charge on any atom is 0.472 e. The number of unbranched alkanes of at least 4 members (excludes halogenated alkanes) is 20. The second-order valence-electron chi connectivity index (χ2n) is 16.6. The lowest BCUT2D eigenvalue weighted by atomic mass is 9.85. The molecule has 1 saturated carbocycles. The second-order valence-corrected chi connectivity index (χ2v) is 18.0. The Balaban J connectivity index is 2.38. The van der Waals surface area contributed by atoms with Crippen molar-refractivity contribution in [3.63, 3.8) is 0 Å². The third-order valence-corrected chi connectivity index (χ3v) is 11.9. The lowest BCUT2D eigenvalue weighted by molar-refractivity contribution is -0.220. The van der Waals surface area contributed by atoms with E-state index in [1.54, 1.807) is 0 Å². The van der Waals surface area contributed by atoms with Gasteiger partial charge < -0.3 is 39.9 Å². The Labute approximate surface area is 369 Å². The molecule has 1 aliphatic rings. The van der Waals surface area contributed by atoms with Crippen LogP contribution in [0.4, 0.5) is 0 Å². The normalized spacial score (nSPS) is 22.6. The van der Waals surface area contributed by atoms with Crippen molar-refractivity contribution < 1.29 is 58.3 Å². The molecule has 1 rings (SSSR count). The summed E-state index contributed by atoms with van der Waals surface area (Å²) in [5, 5.41) is 50.2. The number of allylic oxidation sites excluding steroid dienone is 8. The first-order chi connectivity index (χ1) is 29.5. The fourth-order valence-electron chi connectivity index (χ4n) is 7.05. The minimum atomic E-state index is -5.02. The standard InChI is InChI=1S/C48H87O12P/c1-3-5-7-9-11-13-15-17-19-20-21-22-23-25-27-29-31-33-35-37-42(49)59-41(40-58-61(55,56)60-48-46(53)44(51)43(50)45(52)47(48)54)39-57-38-36-34-32-30-28-26-24-18-16-14-12-10-8-6-4-2/h10-13,16-19,41,43-48,50-54H,3-9,14-15,20-40H2,1-2H3,(H,55,56)/b12-10-,13-11-,18-16-,19-17-. The number of phosphoric ester groups is 1. The van der Waals surface area contributed by atoms with Crippen LogP contribution in [0.3, 0.4) is 0 Å². The van der Waals surface area contributed by atoms with Gasteiger partial charge in [0.25, 0.3) is 0 Å². The molecule has 12 nitrogen and oxygen atoms in total. The van der Waals surface area contributed by atoms with Crippen LogP contribution in [-0.4, -0.2) is 98.9 Å². The third kappa shape index (κ3) is 30.9. The van der Waals surface area contributed by atoms with E-state index in [0.717, 1.165) is 83.5 Å². The first kappa shape index (κ1) is 57.3. The quantitative estimate of drug-likeness (QED) is 0.0148. The van der Waals surface area contributed by atoms with Crippen LogP contribution in [-0.2, 0) is 27.9 Å². The van der Waals surface area contributed by atoms with E-state index in [1.807, 2.05) is 0 Å². The molecule has 0 bridgehead atoms. The van der Waals surface area contributed by atoms with E-state index < -0.39 is 63.1 Å². The maximum absolute atomic E-state index is 12.8. The van der Waals surface area contributed by atoms with Gasteiger partial charge in [0.05, 0.1) is 13.2 Å². The van der Waals surface area contributed by atoms with Crippen LogP contribution in [0.1, 0.15) is 187 Å². The van der Waals surface area contributed by atoms with Gasteiger partial charge in [0.1, 0.15) is 42.7 Å². The number of esters is 1. The van der Waals surface area contributed by atoms with E-state index in [0.29, 0.717) is 13.0 Å². The Morgan fingerprint density at radius 3 is 1.43 bits per heavy atom. The van der Waals surface area contributed by atoms with Gasteiger partial charge in [-0.2, -0.15) is 0 Å². The zero-order chi connectivity index (χ0) is 44.8. The molecule has 13 heteroatoms. The summed E-state index contributed by atoms with van der Waals surface area (Å²) in [6, 6.07) is 0.